The Balaban J connectivity index is 2.95. The molecule has 7 heteroatoms. The Bertz CT molecular complexity index is 347. The smallest absolute Gasteiger partial charge is 0.358 e. The Hall–Kier alpha value is -1.76. The lowest BCUT2D eigenvalue weighted by Crippen LogP contribution is -2.10. The van der Waals surface area contributed by atoms with Crippen molar-refractivity contribution in [3.8, 4) is 0 Å². The minimum absolute atomic E-state index is 0.0467. The molecule has 0 saturated heterocycles. The number of carboxylic acid groups (broad SMARTS) is 1. The summed E-state index contributed by atoms with van der Waals surface area (Å²) >= 11 is 0. The maximum atomic E-state index is 10.6. The summed E-state index contributed by atoms with van der Waals surface area (Å²) in [6.45, 7) is 0.633. The van der Waals surface area contributed by atoms with Crippen LogP contribution in [0, 0.1) is 0 Å². The molecule has 1 heterocycles. The molecule has 1 rings (SSSR count). The fraction of sp³-hybridized carbons (Fsp3) is 0.429. The number of hydrogen-bond donors (Lipinski definition) is 1. The summed E-state index contributed by atoms with van der Waals surface area (Å²) in [5.41, 5.74) is -0.384. The second-order valence-corrected chi connectivity index (χ2v) is 2.46. The van der Waals surface area contributed by atoms with Crippen molar-refractivity contribution in [3.63, 3.8) is 0 Å². The van der Waals surface area contributed by atoms with Gasteiger partial charge < -0.3 is 9.84 Å². The van der Waals surface area contributed by atoms with Crippen molar-refractivity contribution >= 4 is 12.3 Å². The Morgan fingerprint density at radius 1 is 1.71 bits per heavy atom. The Kier molecular flexibility index (Phi) is 3.29. The van der Waals surface area contributed by atoms with Gasteiger partial charge in [0.2, 0.25) is 5.69 Å². The van der Waals surface area contributed by atoms with Crippen LogP contribution < -0.4 is 0 Å². The van der Waals surface area contributed by atoms with Crippen LogP contribution in [0.5, 0.6) is 0 Å². The van der Waals surface area contributed by atoms with E-state index < -0.39 is 5.97 Å². The van der Waals surface area contributed by atoms with Gasteiger partial charge in [-0.25, -0.2) is 9.48 Å². The molecule has 0 aliphatic heterocycles. The predicted molar refractivity (Wildman–Crippen MR) is 44.2 cm³/mol. The standard InChI is InChI=1S/C7H9N3O4/c1-14-3-2-10-5(4-11)6(7(12)13)8-9-10/h4H,2-3H2,1H3,(H,12,13). The summed E-state index contributed by atoms with van der Waals surface area (Å²) in [5, 5.41) is 15.5. The van der Waals surface area contributed by atoms with Crippen molar-refractivity contribution in [2.45, 2.75) is 6.54 Å². The van der Waals surface area contributed by atoms with Crippen LogP contribution in [0.15, 0.2) is 0 Å². The van der Waals surface area contributed by atoms with E-state index in [2.05, 4.69) is 10.3 Å². The van der Waals surface area contributed by atoms with E-state index in [0.29, 0.717) is 19.4 Å². The Labute approximate surface area is 79.3 Å². The van der Waals surface area contributed by atoms with Gasteiger partial charge in [0.25, 0.3) is 0 Å². The molecule has 14 heavy (non-hydrogen) atoms. The molecule has 0 amide bonds. The van der Waals surface area contributed by atoms with Crippen LogP contribution in [0.1, 0.15) is 21.0 Å². The highest BCUT2D eigenvalue weighted by molar-refractivity contribution is 5.93. The van der Waals surface area contributed by atoms with Crippen molar-refractivity contribution in [2.75, 3.05) is 13.7 Å². The molecule has 0 unspecified atom stereocenters. The molecule has 7 nitrogen and oxygen atoms in total. The van der Waals surface area contributed by atoms with Crippen molar-refractivity contribution < 1.29 is 19.4 Å². The minimum Gasteiger partial charge on any atom is -0.476 e. The molecule has 0 saturated carbocycles. The van der Waals surface area contributed by atoms with E-state index >= 15 is 0 Å². The van der Waals surface area contributed by atoms with Gasteiger partial charge in [0.05, 0.1) is 13.2 Å². The second-order valence-electron chi connectivity index (χ2n) is 2.46. The summed E-state index contributed by atoms with van der Waals surface area (Å²) in [7, 11) is 1.50. The van der Waals surface area contributed by atoms with Gasteiger partial charge in [0.15, 0.2) is 6.29 Å². The largest absolute Gasteiger partial charge is 0.476 e. The Morgan fingerprint density at radius 3 is 2.93 bits per heavy atom. The number of rotatable bonds is 5. The van der Waals surface area contributed by atoms with Gasteiger partial charge in [-0.1, -0.05) is 5.21 Å². The average Bonchev–Trinajstić information content (AvgIpc) is 2.57. The quantitative estimate of drug-likeness (QED) is 0.638. The van der Waals surface area contributed by atoms with Crippen LogP contribution in [0.3, 0.4) is 0 Å². The number of aldehydes is 1. The predicted octanol–water partition coefficient (Wildman–Crippen LogP) is -0.565. The SMILES string of the molecule is COCCn1nnc(C(=O)O)c1C=O. The number of ether oxygens (including phenoxy) is 1. The lowest BCUT2D eigenvalue weighted by Gasteiger charge is -1.99. The van der Waals surface area contributed by atoms with Crippen LogP contribution in [-0.4, -0.2) is 46.1 Å². The first-order valence-electron chi connectivity index (χ1n) is 3.81. The molecule has 1 N–H and O–H groups in total. The number of aromatic nitrogens is 3. The molecular weight excluding hydrogens is 190 g/mol. The van der Waals surface area contributed by atoms with Gasteiger partial charge in [-0.3, -0.25) is 4.79 Å². The van der Waals surface area contributed by atoms with E-state index in [1.165, 1.54) is 11.8 Å². The first-order valence-corrected chi connectivity index (χ1v) is 3.81. The van der Waals surface area contributed by atoms with Gasteiger partial charge in [-0.2, -0.15) is 0 Å². The molecule has 0 aromatic carbocycles. The Morgan fingerprint density at radius 2 is 2.43 bits per heavy atom. The molecule has 1 aromatic heterocycles. The normalized spacial score (nSPS) is 10.1. The van der Waals surface area contributed by atoms with E-state index in [4.69, 9.17) is 9.84 Å². The zero-order valence-electron chi connectivity index (χ0n) is 7.51. The molecule has 0 aliphatic rings. The molecule has 0 atom stereocenters. The van der Waals surface area contributed by atoms with Gasteiger partial charge >= 0.3 is 5.97 Å². The number of aromatic carboxylic acids is 1. The van der Waals surface area contributed by atoms with Gasteiger partial charge in [0.1, 0.15) is 5.69 Å². The number of carbonyl (C=O) groups is 2. The molecule has 0 radical (unpaired) electrons. The number of hydrogen-bond acceptors (Lipinski definition) is 5. The fourth-order valence-corrected chi connectivity index (χ4v) is 0.932. The third-order valence-electron chi connectivity index (χ3n) is 1.59. The highest BCUT2D eigenvalue weighted by Crippen LogP contribution is 2.02. The summed E-state index contributed by atoms with van der Waals surface area (Å²) in [4.78, 5) is 21.1. The fourth-order valence-electron chi connectivity index (χ4n) is 0.932. The van der Waals surface area contributed by atoms with E-state index in [1.54, 1.807) is 0 Å². The number of methoxy groups -OCH3 is 1. The van der Waals surface area contributed by atoms with Gasteiger partial charge in [0, 0.05) is 7.11 Å². The molecule has 0 fully saturated rings. The third-order valence-corrected chi connectivity index (χ3v) is 1.59. The molecular formula is C7H9N3O4. The zero-order chi connectivity index (χ0) is 10.6. The van der Waals surface area contributed by atoms with Gasteiger partial charge in [-0.15, -0.1) is 5.10 Å². The molecule has 0 bridgehead atoms. The maximum absolute atomic E-state index is 10.6. The average molecular weight is 199 g/mol. The van der Waals surface area contributed by atoms with Crippen LogP contribution in [-0.2, 0) is 11.3 Å². The highest BCUT2D eigenvalue weighted by atomic mass is 16.5. The van der Waals surface area contributed by atoms with E-state index in [-0.39, 0.29) is 11.4 Å². The number of carboxylic acids is 1. The van der Waals surface area contributed by atoms with Crippen LogP contribution in [0.25, 0.3) is 0 Å². The summed E-state index contributed by atoms with van der Waals surface area (Å²) in [6, 6.07) is 0. The van der Waals surface area contributed by atoms with Crippen LogP contribution >= 0.6 is 0 Å². The molecule has 0 spiro atoms. The lowest BCUT2D eigenvalue weighted by atomic mass is 10.3. The molecule has 1 aromatic rings. The van der Waals surface area contributed by atoms with Crippen LogP contribution in [0.4, 0.5) is 0 Å². The minimum atomic E-state index is -1.27. The van der Waals surface area contributed by atoms with E-state index in [0.717, 1.165) is 0 Å². The van der Waals surface area contributed by atoms with E-state index in [1.807, 2.05) is 0 Å². The molecule has 76 valence electrons. The van der Waals surface area contributed by atoms with E-state index in [9.17, 15) is 9.59 Å². The highest BCUT2D eigenvalue weighted by Gasteiger charge is 2.17. The number of nitrogens with zero attached hydrogens (tertiary/aromatic N) is 3. The zero-order valence-corrected chi connectivity index (χ0v) is 7.51. The maximum Gasteiger partial charge on any atom is 0.358 e. The first-order chi connectivity index (χ1) is 6.70. The van der Waals surface area contributed by atoms with Crippen molar-refractivity contribution in [2.24, 2.45) is 0 Å². The summed E-state index contributed by atoms with van der Waals surface area (Å²) < 4.78 is 5.96. The topological polar surface area (TPSA) is 94.3 Å². The van der Waals surface area contributed by atoms with Crippen molar-refractivity contribution in [1.82, 2.24) is 15.0 Å². The summed E-state index contributed by atoms with van der Waals surface area (Å²) in [6.07, 6.45) is 0.416. The lowest BCUT2D eigenvalue weighted by molar-refractivity contribution is 0.0687. The monoisotopic (exact) mass is 199 g/mol. The van der Waals surface area contributed by atoms with Gasteiger partial charge in [-0.05, 0) is 0 Å². The third kappa shape index (κ3) is 1.94. The first kappa shape index (κ1) is 10.3. The van der Waals surface area contributed by atoms with Crippen molar-refractivity contribution in [1.29, 1.82) is 0 Å². The number of carbonyl (C=O) groups excluding carboxylic acids is 1. The summed E-state index contributed by atoms with van der Waals surface area (Å²) in [5.74, 6) is -1.27. The second kappa shape index (κ2) is 4.47. The van der Waals surface area contributed by atoms with Crippen molar-refractivity contribution in [3.05, 3.63) is 11.4 Å². The van der Waals surface area contributed by atoms with Crippen LogP contribution in [0.2, 0.25) is 0 Å². The molecule has 0 aliphatic carbocycles.